The normalized spacial score (nSPS) is 11.6. The van der Waals surface area contributed by atoms with Gasteiger partial charge >= 0.3 is 5.97 Å². The van der Waals surface area contributed by atoms with E-state index in [1.807, 2.05) is 26.0 Å². The van der Waals surface area contributed by atoms with Crippen LogP contribution in [0.25, 0.3) is 0 Å². The van der Waals surface area contributed by atoms with Gasteiger partial charge in [0.05, 0.1) is 12.2 Å². The van der Waals surface area contributed by atoms with Crippen molar-refractivity contribution in [2.45, 2.75) is 33.8 Å². The minimum atomic E-state index is -0.668. The Morgan fingerprint density at radius 1 is 1.12 bits per heavy atom. The molecule has 0 saturated heterocycles. The van der Waals surface area contributed by atoms with E-state index in [4.69, 9.17) is 9.47 Å². The maximum Gasteiger partial charge on any atom is 0.338 e. The maximum absolute atomic E-state index is 12.4. The van der Waals surface area contributed by atoms with Gasteiger partial charge in [-0.3, -0.25) is 4.79 Å². The molecule has 138 valence electrons. The topological polar surface area (TPSA) is 64.6 Å². The Labute approximate surface area is 161 Å². The van der Waals surface area contributed by atoms with Crippen molar-refractivity contribution in [1.29, 1.82) is 0 Å². The number of rotatable bonds is 6. The third kappa shape index (κ3) is 5.08. The number of carbonyl (C=O) groups is 2. The van der Waals surface area contributed by atoms with E-state index in [-0.39, 0.29) is 11.9 Å². The van der Waals surface area contributed by atoms with Gasteiger partial charge in [0.15, 0.2) is 6.10 Å². The van der Waals surface area contributed by atoms with E-state index in [0.29, 0.717) is 23.6 Å². The van der Waals surface area contributed by atoms with Gasteiger partial charge < -0.3 is 14.8 Å². The molecule has 1 atom stereocenters. The predicted octanol–water partition coefficient (Wildman–Crippen LogP) is 4.65. The molecule has 1 N–H and O–H groups in total. The zero-order chi connectivity index (χ0) is 19.3. The molecule has 0 bridgehead atoms. The summed E-state index contributed by atoms with van der Waals surface area (Å²) >= 11 is 3.44. The van der Waals surface area contributed by atoms with E-state index in [0.717, 1.165) is 15.6 Å². The van der Waals surface area contributed by atoms with Crippen molar-refractivity contribution >= 4 is 33.5 Å². The third-order valence-corrected chi connectivity index (χ3v) is 4.21. The maximum atomic E-state index is 12.4. The largest absolute Gasteiger partial charge is 0.480 e. The lowest BCUT2D eigenvalue weighted by atomic mass is 10.1. The molecule has 1 amide bonds. The molecule has 0 aromatic heterocycles. The number of benzene rings is 2. The first-order chi connectivity index (χ1) is 12.3. The van der Waals surface area contributed by atoms with E-state index in [1.165, 1.54) is 0 Å². The predicted molar refractivity (Wildman–Crippen MR) is 105 cm³/mol. The van der Waals surface area contributed by atoms with Gasteiger partial charge in [-0.2, -0.15) is 0 Å². The van der Waals surface area contributed by atoms with Crippen molar-refractivity contribution in [2.24, 2.45) is 0 Å². The van der Waals surface area contributed by atoms with Crippen molar-refractivity contribution in [1.82, 2.24) is 0 Å². The van der Waals surface area contributed by atoms with E-state index < -0.39 is 6.10 Å². The fourth-order valence-corrected chi connectivity index (χ4v) is 3.15. The van der Waals surface area contributed by atoms with E-state index in [2.05, 4.69) is 21.2 Å². The highest BCUT2D eigenvalue weighted by molar-refractivity contribution is 9.10. The number of ether oxygens (including phenoxy) is 2. The first-order valence-electron chi connectivity index (χ1n) is 8.33. The highest BCUT2D eigenvalue weighted by Gasteiger charge is 2.18. The van der Waals surface area contributed by atoms with Crippen LogP contribution in [0.4, 0.5) is 5.69 Å². The summed E-state index contributed by atoms with van der Waals surface area (Å²) in [5.41, 5.74) is 2.93. The van der Waals surface area contributed by atoms with E-state index >= 15 is 0 Å². The molecule has 26 heavy (non-hydrogen) atoms. The van der Waals surface area contributed by atoms with Gasteiger partial charge in [-0.05, 0) is 75.2 Å². The number of nitrogens with one attached hydrogen (secondary N) is 1. The number of hydrogen-bond donors (Lipinski definition) is 1. The second kappa shape index (κ2) is 8.85. The van der Waals surface area contributed by atoms with Crippen LogP contribution in [-0.4, -0.2) is 24.6 Å². The van der Waals surface area contributed by atoms with Gasteiger partial charge in [-0.15, -0.1) is 0 Å². The Kier molecular flexibility index (Phi) is 6.80. The second-order valence-corrected chi connectivity index (χ2v) is 6.83. The van der Waals surface area contributed by atoms with Crippen molar-refractivity contribution in [2.75, 3.05) is 11.9 Å². The molecule has 0 aliphatic carbocycles. The molecule has 2 aromatic rings. The molecule has 0 aliphatic heterocycles. The molecule has 0 spiro atoms. The number of halogens is 1. The molecule has 6 heteroatoms. The van der Waals surface area contributed by atoms with Gasteiger partial charge in [-0.25, -0.2) is 4.79 Å². The lowest BCUT2D eigenvalue weighted by Crippen LogP contribution is -2.30. The fraction of sp³-hybridized carbons (Fsp3) is 0.300. The lowest BCUT2D eigenvalue weighted by Gasteiger charge is -2.18. The average Bonchev–Trinajstić information content (AvgIpc) is 2.58. The number of aryl methyl sites for hydroxylation is 2. The molecular weight excluding hydrogens is 398 g/mol. The number of amides is 1. The van der Waals surface area contributed by atoms with Crippen LogP contribution in [0, 0.1) is 13.8 Å². The van der Waals surface area contributed by atoms with Crippen molar-refractivity contribution in [3.63, 3.8) is 0 Å². The standard InChI is InChI=1S/C20H22BrNO4/c1-5-25-20(24)15-6-8-17(9-7-15)22-19(23)14(4)26-18-12(2)10-16(21)11-13(18)3/h6-11,14H,5H2,1-4H3,(H,22,23). The van der Waals surface area contributed by atoms with Crippen LogP contribution in [0.1, 0.15) is 35.3 Å². The molecular formula is C20H22BrNO4. The highest BCUT2D eigenvalue weighted by atomic mass is 79.9. The van der Waals surface area contributed by atoms with Crippen LogP contribution in [0.3, 0.4) is 0 Å². The Bertz CT molecular complexity index is 779. The average molecular weight is 420 g/mol. The SMILES string of the molecule is CCOC(=O)c1ccc(NC(=O)C(C)Oc2c(C)cc(Br)cc2C)cc1. The third-order valence-electron chi connectivity index (χ3n) is 3.75. The van der Waals surface area contributed by atoms with Gasteiger partial charge in [0.2, 0.25) is 0 Å². The van der Waals surface area contributed by atoms with E-state index in [9.17, 15) is 9.59 Å². The first kappa shape index (κ1) is 20.0. The number of esters is 1. The van der Waals surface area contributed by atoms with Crippen LogP contribution in [0.15, 0.2) is 40.9 Å². The van der Waals surface area contributed by atoms with Crippen molar-refractivity contribution in [3.05, 3.63) is 57.6 Å². The first-order valence-corrected chi connectivity index (χ1v) is 9.12. The summed E-state index contributed by atoms with van der Waals surface area (Å²) in [4.78, 5) is 24.0. The van der Waals surface area contributed by atoms with Crippen molar-refractivity contribution in [3.8, 4) is 5.75 Å². The minimum absolute atomic E-state index is 0.268. The molecule has 0 aliphatic rings. The summed E-state index contributed by atoms with van der Waals surface area (Å²) in [6, 6.07) is 10.4. The fourth-order valence-electron chi connectivity index (χ4n) is 2.46. The molecule has 0 fully saturated rings. The highest BCUT2D eigenvalue weighted by Crippen LogP contribution is 2.28. The van der Waals surface area contributed by atoms with Gasteiger partial charge in [0, 0.05) is 10.2 Å². The number of anilines is 1. The Morgan fingerprint density at radius 2 is 1.69 bits per heavy atom. The Morgan fingerprint density at radius 3 is 2.23 bits per heavy atom. The summed E-state index contributed by atoms with van der Waals surface area (Å²) in [5.74, 6) is 0.0485. The summed E-state index contributed by atoms with van der Waals surface area (Å²) in [5, 5.41) is 2.79. The van der Waals surface area contributed by atoms with Crippen LogP contribution in [0.2, 0.25) is 0 Å². The molecule has 0 radical (unpaired) electrons. The summed E-state index contributed by atoms with van der Waals surface area (Å²) in [6.07, 6.45) is -0.668. The number of hydrogen-bond acceptors (Lipinski definition) is 4. The van der Waals surface area contributed by atoms with Crippen LogP contribution in [0.5, 0.6) is 5.75 Å². The molecule has 2 rings (SSSR count). The van der Waals surface area contributed by atoms with Gasteiger partial charge in [0.25, 0.3) is 5.91 Å². The van der Waals surface area contributed by atoms with E-state index in [1.54, 1.807) is 38.1 Å². The second-order valence-electron chi connectivity index (χ2n) is 5.92. The minimum Gasteiger partial charge on any atom is -0.480 e. The van der Waals surface area contributed by atoms with Gasteiger partial charge in [-0.1, -0.05) is 15.9 Å². The molecule has 5 nitrogen and oxygen atoms in total. The quantitative estimate of drug-likeness (QED) is 0.692. The zero-order valence-electron chi connectivity index (χ0n) is 15.3. The monoisotopic (exact) mass is 419 g/mol. The lowest BCUT2D eigenvalue weighted by molar-refractivity contribution is -0.122. The van der Waals surface area contributed by atoms with Crippen LogP contribution < -0.4 is 10.1 Å². The Balaban J connectivity index is 2.02. The number of carbonyl (C=O) groups excluding carboxylic acids is 2. The Hall–Kier alpha value is -2.34. The molecule has 2 aromatic carbocycles. The molecule has 1 unspecified atom stereocenters. The zero-order valence-corrected chi connectivity index (χ0v) is 16.8. The van der Waals surface area contributed by atoms with Gasteiger partial charge in [0.1, 0.15) is 5.75 Å². The smallest absolute Gasteiger partial charge is 0.338 e. The summed E-state index contributed by atoms with van der Waals surface area (Å²) < 4.78 is 11.8. The van der Waals surface area contributed by atoms with Crippen molar-refractivity contribution < 1.29 is 19.1 Å². The van der Waals surface area contributed by atoms with Crippen LogP contribution in [-0.2, 0) is 9.53 Å². The van der Waals surface area contributed by atoms with Crippen LogP contribution >= 0.6 is 15.9 Å². The summed E-state index contributed by atoms with van der Waals surface area (Å²) in [7, 11) is 0. The molecule has 0 heterocycles. The molecule has 0 saturated carbocycles. The summed E-state index contributed by atoms with van der Waals surface area (Å²) in [6.45, 7) is 7.64.